The predicted molar refractivity (Wildman–Crippen MR) is 69.0 cm³/mol. The first-order valence-electron chi connectivity index (χ1n) is 5.08. The van der Waals surface area contributed by atoms with Crippen molar-refractivity contribution >= 4 is 15.9 Å². The van der Waals surface area contributed by atoms with Gasteiger partial charge < -0.3 is 19.3 Å². The summed E-state index contributed by atoms with van der Waals surface area (Å²) in [6.45, 7) is 3.36. The molecule has 17 heavy (non-hydrogen) atoms. The molecule has 0 radical (unpaired) electrons. The van der Waals surface area contributed by atoms with Gasteiger partial charge in [-0.25, -0.2) is 0 Å². The van der Waals surface area contributed by atoms with Gasteiger partial charge in [0.2, 0.25) is 5.75 Å². The summed E-state index contributed by atoms with van der Waals surface area (Å²) in [6, 6.07) is 1.74. The minimum absolute atomic E-state index is 0.464. The Morgan fingerprint density at radius 1 is 1.06 bits per heavy atom. The molecule has 1 aromatic carbocycles. The number of hydrogen-bond donors (Lipinski definition) is 1. The van der Waals surface area contributed by atoms with Crippen LogP contribution < -0.4 is 14.2 Å². The molecule has 5 heteroatoms. The van der Waals surface area contributed by atoms with E-state index in [-0.39, 0.29) is 0 Å². The van der Waals surface area contributed by atoms with Crippen LogP contribution in [0.25, 0.3) is 0 Å². The molecular formula is C12H17BrO4. The average molecular weight is 305 g/mol. The molecule has 0 fully saturated rings. The van der Waals surface area contributed by atoms with Crippen LogP contribution in [0.1, 0.15) is 19.4 Å². The Morgan fingerprint density at radius 2 is 1.59 bits per heavy atom. The average Bonchev–Trinajstić information content (AvgIpc) is 2.25. The zero-order chi connectivity index (χ0) is 13.2. The minimum atomic E-state index is -1.05. The van der Waals surface area contributed by atoms with Gasteiger partial charge in [0.1, 0.15) is 0 Å². The number of halogens is 1. The second-order valence-corrected chi connectivity index (χ2v) is 4.92. The summed E-state index contributed by atoms with van der Waals surface area (Å²) in [4.78, 5) is 0. The highest BCUT2D eigenvalue weighted by molar-refractivity contribution is 9.10. The largest absolute Gasteiger partial charge is 0.493 e. The number of aliphatic hydroxyl groups is 1. The molecule has 0 aliphatic carbocycles. The molecule has 0 bridgehead atoms. The number of methoxy groups -OCH3 is 3. The summed E-state index contributed by atoms with van der Waals surface area (Å²) in [5.74, 6) is 1.48. The fourth-order valence-electron chi connectivity index (χ4n) is 1.70. The van der Waals surface area contributed by atoms with E-state index in [2.05, 4.69) is 15.9 Å². The van der Waals surface area contributed by atoms with Gasteiger partial charge in [-0.2, -0.15) is 0 Å². The van der Waals surface area contributed by atoms with E-state index in [1.54, 1.807) is 27.0 Å². The fourth-order valence-corrected chi connectivity index (χ4v) is 2.57. The fraction of sp³-hybridized carbons (Fsp3) is 0.500. The van der Waals surface area contributed by atoms with Gasteiger partial charge in [0, 0.05) is 10.0 Å². The molecule has 0 amide bonds. The SMILES string of the molecule is COc1cc(Br)c(C(C)(C)O)c(OC)c1OC. The summed E-state index contributed by atoms with van der Waals surface area (Å²) < 4.78 is 16.5. The van der Waals surface area contributed by atoms with Gasteiger partial charge in [0.15, 0.2) is 11.5 Å². The van der Waals surface area contributed by atoms with E-state index in [1.807, 2.05) is 0 Å². The monoisotopic (exact) mass is 304 g/mol. The van der Waals surface area contributed by atoms with Gasteiger partial charge in [0.25, 0.3) is 0 Å². The summed E-state index contributed by atoms with van der Waals surface area (Å²) >= 11 is 3.40. The van der Waals surface area contributed by atoms with E-state index in [9.17, 15) is 5.11 Å². The molecule has 0 saturated carbocycles. The molecule has 0 atom stereocenters. The van der Waals surface area contributed by atoms with Crippen molar-refractivity contribution in [1.29, 1.82) is 0 Å². The van der Waals surface area contributed by atoms with Gasteiger partial charge >= 0.3 is 0 Å². The lowest BCUT2D eigenvalue weighted by Gasteiger charge is -2.25. The van der Waals surface area contributed by atoms with E-state index in [4.69, 9.17) is 14.2 Å². The van der Waals surface area contributed by atoms with Crippen molar-refractivity contribution in [1.82, 2.24) is 0 Å². The zero-order valence-corrected chi connectivity index (χ0v) is 12.2. The standard InChI is InChI=1S/C12H17BrO4/c1-12(2,14)9-7(13)6-8(15-3)10(16-4)11(9)17-5/h6,14H,1-5H3. The first-order valence-corrected chi connectivity index (χ1v) is 5.87. The lowest BCUT2D eigenvalue weighted by molar-refractivity contribution is 0.0742. The quantitative estimate of drug-likeness (QED) is 0.929. The topological polar surface area (TPSA) is 47.9 Å². The maximum atomic E-state index is 10.2. The summed E-state index contributed by atoms with van der Waals surface area (Å²) in [5.41, 5.74) is -0.429. The maximum absolute atomic E-state index is 10.2. The van der Waals surface area contributed by atoms with Crippen LogP contribution >= 0.6 is 15.9 Å². The molecule has 1 aromatic rings. The highest BCUT2D eigenvalue weighted by Crippen LogP contribution is 2.47. The molecule has 0 aliphatic rings. The maximum Gasteiger partial charge on any atom is 0.203 e. The van der Waals surface area contributed by atoms with Crippen LogP contribution in [-0.2, 0) is 5.60 Å². The zero-order valence-electron chi connectivity index (χ0n) is 10.6. The van der Waals surface area contributed by atoms with Crippen molar-refractivity contribution in [3.05, 3.63) is 16.1 Å². The molecule has 0 aliphatic heterocycles. The highest BCUT2D eigenvalue weighted by atomic mass is 79.9. The van der Waals surface area contributed by atoms with Crippen LogP contribution in [0.3, 0.4) is 0 Å². The lowest BCUT2D eigenvalue weighted by Crippen LogP contribution is -2.18. The van der Waals surface area contributed by atoms with E-state index in [1.165, 1.54) is 14.2 Å². The Bertz CT molecular complexity index is 410. The molecule has 4 nitrogen and oxygen atoms in total. The van der Waals surface area contributed by atoms with Crippen LogP contribution in [0.15, 0.2) is 10.5 Å². The normalized spacial score (nSPS) is 11.2. The summed E-state index contributed by atoms with van der Waals surface area (Å²) in [5, 5.41) is 10.2. The van der Waals surface area contributed by atoms with E-state index < -0.39 is 5.60 Å². The molecule has 1 rings (SSSR count). The summed E-state index contributed by atoms with van der Waals surface area (Å²) in [7, 11) is 4.61. The number of benzene rings is 1. The molecule has 0 spiro atoms. The number of hydrogen-bond acceptors (Lipinski definition) is 4. The first-order chi connectivity index (χ1) is 7.86. The molecular weight excluding hydrogens is 288 g/mol. The Kier molecular flexibility index (Phi) is 4.27. The third-order valence-electron chi connectivity index (χ3n) is 2.39. The van der Waals surface area contributed by atoms with Crippen LogP contribution in [0.2, 0.25) is 0 Å². The van der Waals surface area contributed by atoms with Crippen LogP contribution in [0, 0.1) is 0 Å². The second-order valence-electron chi connectivity index (χ2n) is 4.06. The minimum Gasteiger partial charge on any atom is -0.493 e. The Labute approximate surface area is 110 Å². The van der Waals surface area contributed by atoms with E-state index in [0.717, 1.165) is 0 Å². The first kappa shape index (κ1) is 14.1. The molecule has 1 N–H and O–H groups in total. The molecule has 0 heterocycles. The van der Waals surface area contributed by atoms with Crippen molar-refractivity contribution in [2.45, 2.75) is 19.4 Å². The third kappa shape index (κ3) is 2.66. The number of ether oxygens (including phenoxy) is 3. The number of rotatable bonds is 4. The van der Waals surface area contributed by atoms with Crippen molar-refractivity contribution in [3.8, 4) is 17.2 Å². The van der Waals surface area contributed by atoms with Crippen LogP contribution in [0.5, 0.6) is 17.2 Å². The van der Waals surface area contributed by atoms with E-state index >= 15 is 0 Å². The van der Waals surface area contributed by atoms with E-state index in [0.29, 0.717) is 27.3 Å². The molecule has 0 saturated heterocycles. The van der Waals surface area contributed by atoms with Gasteiger partial charge in [-0.1, -0.05) is 15.9 Å². The smallest absolute Gasteiger partial charge is 0.203 e. The van der Waals surface area contributed by atoms with Crippen LogP contribution in [-0.4, -0.2) is 26.4 Å². The van der Waals surface area contributed by atoms with Crippen molar-refractivity contribution in [3.63, 3.8) is 0 Å². The Morgan fingerprint density at radius 3 is 1.94 bits per heavy atom. The van der Waals surface area contributed by atoms with Gasteiger partial charge in [0.05, 0.1) is 26.9 Å². The van der Waals surface area contributed by atoms with Crippen molar-refractivity contribution < 1.29 is 19.3 Å². The predicted octanol–water partition coefficient (Wildman–Crippen LogP) is 2.70. The lowest BCUT2D eigenvalue weighted by atomic mass is 9.96. The highest BCUT2D eigenvalue weighted by Gasteiger charge is 2.29. The van der Waals surface area contributed by atoms with Crippen molar-refractivity contribution in [2.24, 2.45) is 0 Å². The molecule has 96 valence electrons. The molecule has 0 aromatic heterocycles. The third-order valence-corrected chi connectivity index (χ3v) is 3.02. The summed E-state index contributed by atoms with van der Waals surface area (Å²) in [6.07, 6.45) is 0. The Balaban J connectivity index is 3.61. The van der Waals surface area contributed by atoms with Gasteiger partial charge in [-0.15, -0.1) is 0 Å². The second kappa shape index (κ2) is 5.14. The molecule has 0 unspecified atom stereocenters. The van der Waals surface area contributed by atoms with Gasteiger partial charge in [-0.05, 0) is 19.9 Å². The Hall–Kier alpha value is -0.940. The van der Waals surface area contributed by atoms with Gasteiger partial charge in [-0.3, -0.25) is 0 Å². The van der Waals surface area contributed by atoms with Crippen molar-refractivity contribution in [2.75, 3.05) is 21.3 Å². The van der Waals surface area contributed by atoms with Crippen LogP contribution in [0.4, 0.5) is 0 Å².